The summed E-state index contributed by atoms with van der Waals surface area (Å²) in [5.41, 5.74) is 3.66. The van der Waals surface area contributed by atoms with Gasteiger partial charge in [-0.05, 0) is 58.6 Å². The molecule has 0 fully saturated rings. The number of nitrogens with zero attached hydrogens (tertiary/aromatic N) is 1. The van der Waals surface area contributed by atoms with Crippen LogP contribution < -0.4 is 34.4 Å². The molecule has 0 heterocycles. The normalized spacial score (nSPS) is 10.6. The van der Waals surface area contributed by atoms with E-state index in [0.717, 1.165) is 22.9 Å². The molecule has 0 unspecified atom stereocenters. The number of unbranched alkanes of at least 4 members (excludes halogenated alkanes) is 2. The van der Waals surface area contributed by atoms with Crippen molar-refractivity contribution in [2.24, 2.45) is 5.10 Å². The van der Waals surface area contributed by atoms with Crippen LogP contribution >= 0.6 is 15.9 Å². The molecule has 0 saturated carbocycles. The van der Waals surface area contributed by atoms with Gasteiger partial charge in [0.15, 0.2) is 23.0 Å². The average Bonchev–Trinajstić information content (AvgIpc) is 2.88. The maximum atomic E-state index is 12.5. The van der Waals surface area contributed by atoms with E-state index in [9.17, 15) is 9.59 Å². The predicted octanol–water partition coefficient (Wildman–Crippen LogP) is 3.93. The maximum absolute atomic E-state index is 12.5. The van der Waals surface area contributed by atoms with Gasteiger partial charge in [-0.25, -0.2) is 5.43 Å². The predicted molar refractivity (Wildman–Crippen MR) is 140 cm³/mol. The van der Waals surface area contributed by atoms with Crippen molar-refractivity contribution in [3.8, 4) is 28.7 Å². The molecule has 0 aliphatic carbocycles. The highest BCUT2D eigenvalue weighted by molar-refractivity contribution is 9.10. The first-order chi connectivity index (χ1) is 17.4. The van der Waals surface area contributed by atoms with Crippen molar-refractivity contribution >= 4 is 34.0 Å². The van der Waals surface area contributed by atoms with Crippen LogP contribution in [0.5, 0.6) is 28.7 Å². The molecule has 2 aromatic rings. The Labute approximate surface area is 219 Å². The number of benzene rings is 2. The van der Waals surface area contributed by atoms with Gasteiger partial charge in [0.1, 0.15) is 0 Å². The second-order valence-corrected chi connectivity index (χ2v) is 8.37. The molecule has 0 radical (unpaired) electrons. The monoisotopic (exact) mass is 565 g/mol. The van der Waals surface area contributed by atoms with Crippen LogP contribution in [0.15, 0.2) is 33.8 Å². The fourth-order valence-corrected chi connectivity index (χ4v) is 3.97. The van der Waals surface area contributed by atoms with E-state index < -0.39 is 0 Å². The minimum Gasteiger partial charge on any atom is -0.493 e. The lowest BCUT2D eigenvalue weighted by atomic mass is 10.1. The summed E-state index contributed by atoms with van der Waals surface area (Å²) in [5.74, 6) is 1.95. The molecule has 11 heteroatoms. The van der Waals surface area contributed by atoms with Gasteiger partial charge >= 0.3 is 0 Å². The number of methoxy groups -OCH3 is 5. The largest absolute Gasteiger partial charge is 0.493 e. The lowest BCUT2D eigenvalue weighted by Crippen LogP contribution is -2.24. The minimum atomic E-state index is -0.247. The third-order valence-electron chi connectivity index (χ3n) is 5.15. The van der Waals surface area contributed by atoms with Gasteiger partial charge in [0.05, 0.1) is 46.2 Å². The second kappa shape index (κ2) is 14.8. The van der Waals surface area contributed by atoms with Crippen LogP contribution in [0, 0.1) is 0 Å². The first-order valence-corrected chi connectivity index (χ1v) is 12.0. The van der Waals surface area contributed by atoms with Crippen LogP contribution in [-0.2, 0) is 4.79 Å². The van der Waals surface area contributed by atoms with Crippen LogP contribution in [-0.4, -0.2) is 60.1 Å². The number of hydrogen-bond donors (Lipinski definition) is 2. The van der Waals surface area contributed by atoms with E-state index in [-0.39, 0.29) is 11.8 Å². The smallest absolute Gasteiger partial charge is 0.251 e. The number of amides is 2. The highest BCUT2D eigenvalue weighted by atomic mass is 79.9. The Morgan fingerprint density at radius 2 is 1.44 bits per heavy atom. The molecule has 0 atom stereocenters. The van der Waals surface area contributed by atoms with Crippen molar-refractivity contribution in [3.63, 3.8) is 0 Å². The van der Waals surface area contributed by atoms with Crippen molar-refractivity contribution in [3.05, 3.63) is 39.9 Å². The van der Waals surface area contributed by atoms with Gasteiger partial charge in [0.25, 0.3) is 5.91 Å². The first kappa shape index (κ1) is 28.8. The van der Waals surface area contributed by atoms with Gasteiger partial charge in [0.2, 0.25) is 11.7 Å². The Morgan fingerprint density at radius 3 is 2.03 bits per heavy atom. The quantitative estimate of drug-likeness (QED) is 0.202. The van der Waals surface area contributed by atoms with Gasteiger partial charge in [-0.15, -0.1) is 0 Å². The number of rotatable bonds is 14. The second-order valence-electron chi connectivity index (χ2n) is 7.51. The fraction of sp³-hybridized carbons (Fsp3) is 0.400. The van der Waals surface area contributed by atoms with Gasteiger partial charge in [-0.1, -0.05) is 6.42 Å². The van der Waals surface area contributed by atoms with Crippen LogP contribution in [0.1, 0.15) is 41.6 Å². The fourth-order valence-electron chi connectivity index (χ4n) is 3.35. The zero-order valence-electron chi connectivity index (χ0n) is 21.1. The van der Waals surface area contributed by atoms with E-state index in [1.54, 1.807) is 32.4 Å². The SMILES string of the molecule is COc1cc(C=NNC(=O)CCCCCNC(=O)c2cc(OC)c(OC)c(OC)c2)cc(Br)c1OC. The molecule has 0 bridgehead atoms. The van der Waals surface area contributed by atoms with Gasteiger partial charge < -0.3 is 29.0 Å². The summed E-state index contributed by atoms with van der Waals surface area (Å²) < 4.78 is 27.1. The molecule has 0 aromatic heterocycles. The van der Waals surface area contributed by atoms with E-state index in [0.29, 0.717) is 53.7 Å². The number of hydrazone groups is 1. The number of ether oxygens (including phenoxy) is 5. The average molecular weight is 566 g/mol. The summed E-state index contributed by atoms with van der Waals surface area (Å²) in [6.45, 7) is 0.476. The summed E-state index contributed by atoms with van der Waals surface area (Å²) in [5, 5.41) is 6.86. The summed E-state index contributed by atoms with van der Waals surface area (Å²) in [7, 11) is 7.60. The molecular formula is C25H32BrN3O7. The molecule has 0 spiro atoms. The van der Waals surface area contributed by atoms with Gasteiger partial charge in [-0.3, -0.25) is 9.59 Å². The third-order valence-corrected chi connectivity index (χ3v) is 5.74. The van der Waals surface area contributed by atoms with Crippen LogP contribution in [0.25, 0.3) is 0 Å². The highest BCUT2D eigenvalue weighted by Crippen LogP contribution is 2.38. The summed E-state index contributed by atoms with van der Waals surface area (Å²) in [4.78, 5) is 24.5. The summed E-state index contributed by atoms with van der Waals surface area (Å²) in [6.07, 6.45) is 4.03. The molecule has 196 valence electrons. The molecule has 2 aromatic carbocycles. The minimum absolute atomic E-state index is 0.188. The maximum Gasteiger partial charge on any atom is 0.251 e. The van der Waals surface area contributed by atoms with Crippen molar-refractivity contribution in [2.45, 2.75) is 25.7 Å². The van der Waals surface area contributed by atoms with Gasteiger partial charge in [0, 0.05) is 18.5 Å². The van der Waals surface area contributed by atoms with E-state index in [1.165, 1.54) is 27.5 Å². The molecule has 2 amide bonds. The van der Waals surface area contributed by atoms with Crippen molar-refractivity contribution < 1.29 is 33.3 Å². The molecule has 2 N–H and O–H groups in total. The Morgan fingerprint density at radius 1 is 0.833 bits per heavy atom. The van der Waals surface area contributed by atoms with Gasteiger partial charge in [-0.2, -0.15) is 5.10 Å². The zero-order chi connectivity index (χ0) is 26.5. The molecule has 0 aliphatic rings. The van der Waals surface area contributed by atoms with E-state index in [1.807, 2.05) is 6.07 Å². The molecular weight excluding hydrogens is 534 g/mol. The summed E-state index contributed by atoms with van der Waals surface area (Å²) in [6, 6.07) is 6.76. The van der Waals surface area contributed by atoms with E-state index in [4.69, 9.17) is 23.7 Å². The number of halogens is 1. The van der Waals surface area contributed by atoms with Crippen LogP contribution in [0.3, 0.4) is 0 Å². The first-order valence-electron chi connectivity index (χ1n) is 11.2. The number of hydrogen-bond acceptors (Lipinski definition) is 8. The Balaban J connectivity index is 1.73. The third kappa shape index (κ3) is 8.04. The number of nitrogens with one attached hydrogen (secondary N) is 2. The molecule has 10 nitrogen and oxygen atoms in total. The molecule has 0 aliphatic heterocycles. The standard InChI is InChI=1S/C25H32BrN3O7/c1-32-19-12-16(11-18(26)23(19)35-4)15-28-29-22(30)9-7-6-8-10-27-25(31)17-13-20(33-2)24(36-5)21(14-17)34-3/h11-15H,6-10H2,1-5H3,(H,27,31)(H,29,30). The van der Waals surface area contributed by atoms with Crippen molar-refractivity contribution in [2.75, 3.05) is 42.1 Å². The van der Waals surface area contributed by atoms with Crippen LogP contribution in [0.2, 0.25) is 0 Å². The molecule has 36 heavy (non-hydrogen) atoms. The number of carbonyl (C=O) groups excluding carboxylic acids is 2. The Hall–Kier alpha value is -3.47. The zero-order valence-corrected chi connectivity index (χ0v) is 22.7. The number of carbonyl (C=O) groups is 2. The molecule has 2 rings (SSSR count). The highest BCUT2D eigenvalue weighted by Gasteiger charge is 2.16. The Bertz CT molecular complexity index is 1050. The summed E-state index contributed by atoms with van der Waals surface area (Å²) >= 11 is 3.42. The van der Waals surface area contributed by atoms with Crippen LogP contribution in [0.4, 0.5) is 0 Å². The van der Waals surface area contributed by atoms with Crippen molar-refractivity contribution in [1.29, 1.82) is 0 Å². The lowest BCUT2D eigenvalue weighted by Gasteiger charge is -2.14. The lowest BCUT2D eigenvalue weighted by molar-refractivity contribution is -0.121. The van der Waals surface area contributed by atoms with E-state index in [2.05, 4.69) is 31.8 Å². The van der Waals surface area contributed by atoms with E-state index >= 15 is 0 Å². The topological polar surface area (TPSA) is 117 Å². The Kier molecular flexibility index (Phi) is 11.8. The molecule has 0 saturated heterocycles. The van der Waals surface area contributed by atoms with Crippen molar-refractivity contribution in [1.82, 2.24) is 10.7 Å².